The molecule has 0 fully saturated rings. The Morgan fingerprint density at radius 1 is 1.13 bits per heavy atom. The molecule has 2 aliphatic rings. The van der Waals surface area contributed by atoms with Gasteiger partial charge in [-0.1, -0.05) is 71.1 Å². The third-order valence-electron chi connectivity index (χ3n) is 6.57. The van der Waals surface area contributed by atoms with Crippen molar-refractivity contribution in [3.05, 3.63) is 35.6 Å². The molecule has 0 aromatic carbocycles. The predicted molar refractivity (Wildman–Crippen MR) is 121 cm³/mol. The Kier molecular flexibility index (Phi) is 8.93. The van der Waals surface area contributed by atoms with Crippen molar-refractivity contribution in [1.29, 1.82) is 0 Å². The molecule has 0 heterocycles. The molecule has 30 heavy (non-hydrogen) atoms. The Balaban J connectivity index is 2.37. The van der Waals surface area contributed by atoms with E-state index >= 15 is 0 Å². The predicted octanol–water partition coefficient (Wildman–Crippen LogP) is 6.81. The minimum Gasteiger partial charge on any atom is -0.454 e. The van der Waals surface area contributed by atoms with Crippen molar-refractivity contribution in [3.63, 3.8) is 0 Å². The van der Waals surface area contributed by atoms with Crippen LogP contribution >= 0.6 is 0 Å². The maximum absolute atomic E-state index is 12.1. The molecule has 2 aliphatic carbocycles. The molecule has 4 heteroatoms. The highest BCUT2D eigenvalue weighted by Crippen LogP contribution is 2.48. The van der Waals surface area contributed by atoms with Gasteiger partial charge < -0.3 is 9.47 Å². The summed E-state index contributed by atoms with van der Waals surface area (Å²) in [5, 5.41) is 0. The van der Waals surface area contributed by atoms with Crippen molar-refractivity contribution in [2.75, 3.05) is 0 Å². The summed E-state index contributed by atoms with van der Waals surface area (Å²) in [6.45, 7) is 9.42. The normalized spacial score (nSPS) is 24.5. The zero-order valence-electron chi connectivity index (χ0n) is 19.6. The van der Waals surface area contributed by atoms with Gasteiger partial charge in [0.1, 0.15) is 11.4 Å². The first-order valence-electron chi connectivity index (χ1n) is 11.7. The smallest absolute Gasteiger partial charge is 0.307 e. The van der Waals surface area contributed by atoms with Gasteiger partial charge in [0.25, 0.3) is 0 Å². The van der Waals surface area contributed by atoms with Crippen molar-refractivity contribution in [3.8, 4) is 0 Å². The van der Waals surface area contributed by atoms with E-state index in [1.807, 2.05) is 0 Å². The number of rotatable bonds is 9. The summed E-state index contributed by atoms with van der Waals surface area (Å²) in [6, 6.07) is 0. The number of hydrogen-bond acceptors (Lipinski definition) is 4. The van der Waals surface area contributed by atoms with Crippen molar-refractivity contribution in [2.45, 2.75) is 104 Å². The molecule has 168 valence electrons. The molecule has 0 aromatic heterocycles. The molecule has 0 radical (unpaired) electrons. The summed E-state index contributed by atoms with van der Waals surface area (Å²) >= 11 is 0. The molecule has 0 aromatic rings. The average Bonchev–Trinajstić information content (AvgIpc) is 2.94. The quantitative estimate of drug-likeness (QED) is 0.235. The van der Waals surface area contributed by atoms with Gasteiger partial charge in [0, 0.05) is 25.2 Å². The van der Waals surface area contributed by atoms with Crippen LogP contribution in [0.25, 0.3) is 0 Å². The minimum absolute atomic E-state index is 0.237. The van der Waals surface area contributed by atoms with Crippen molar-refractivity contribution in [1.82, 2.24) is 0 Å². The van der Waals surface area contributed by atoms with Gasteiger partial charge in [-0.25, -0.2) is 0 Å². The van der Waals surface area contributed by atoms with E-state index in [2.05, 4.69) is 45.1 Å². The Morgan fingerprint density at radius 3 is 2.57 bits per heavy atom. The van der Waals surface area contributed by atoms with Crippen LogP contribution in [0.1, 0.15) is 98.8 Å². The standard InChI is InChI=1S/C26H40O4/c1-6-7-8-13-17-25(4,5)26(30-21(3)28)18-16-23(24(19-26)29-20(2)27)22-14-11-9-10-12-15-22/h11,14,16,18,22H,6-10,12-13,15,17,19H2,1-5H3. The van der Waals surface area contributed by atoms with E-state index in [4.69, 9.17) is 9.47 Å². The third kappa shape index (κ3) is 6.33. The lowest BCUT2D eigenvalue weighted by Gasteiger charge is -2.46. The van der Waals surface area contributed by atoms with E-state index in [1.54, 1.807) is 0 Å². The Bertz CT molecular complexity index is 698. The molecule has 0 bridgehead atoms. The van der Waals surface area contributed by atoms with Crippen LogP contribution in [-0.4, -0.2) is 17.5 Å². The number of hydrogen-bond donors (Lipinski definition) is 0. The van der Waals surface area contributed by atoms with Gasteiger partial charge in [-0.3, -0.25) is 9.59 Å². The second-order valence-corrected chi connectivity index (χ2v) is 9.48. The van der Waals surface area contributed by atoms with E-state index in [1.165, 1.54) is 39.5 Å². The fourth-order valence-corrected chi connectivity index (χ4v) is 4.69. The molecular weight excluding hydrogens is 376 g/mol. The molecule has 0 N–H and O–H groups in total. The highest BCUT2D eigenvalue weighted by atomic mass is 16.6. The summed E-state index contributed by atoms with van der Waals surface area (Å²) in [7, 11) is 0. The topological polar surface area (TPSA) is 52.6 Å². The van der Waals surface area contributed by atoms with Gasteiger partial charge in [0.15, 0.2) is 0 Å². The molecule has 4 nitrogen and oxygen atoms in total. The van der Waals surface area contributed by atoms with Crippen LogP contribution in [0.2, 0.25) is 0 Å². The van der Waals surface area contributed by atoms with Crippen LogP contribution in [0.3, 0.4) is 0 Å². The largest absolute Gasteiger partial charge is 0.454 e. The summed E-state index contributed by atoms with van der Waals surface area (Å²) in [5.74, 6) is 0.264. The number of unbranched alkanes of at least 4 members (excludes halogenated alkanes) is 3. The highest BCUT2D eigenvalue weighted by Gasteiger charge is 2.49. The van der Waals surface area contributed by atoms with Crippen LogP contribution in [0.4, 0.5) is 0 Å². The van der Waals surface area contributed by atoms with Gasteiger partial charge in [0.05, 0.1) is 6.42 Å². The first-order valence-corrected chi connectivity index (χ1v) is 11.7. The maximum atomic E-state index is 12.1. The fourth-order valence-electron chi connectivity index (χ4n) is 4.69. The van der Waals surface area contributed by atoms with Crippen LogP contribution < -0.4 is 0 Å². The Labute approximate surface area is 182 Å². The van der Waals surface area contributed by atoms with Crippen molar-refractivity contribution >= 4 is 11.9 Å². The van der Waals surface area contributed by atoms with E-state index in [0.717, 1.165) is 37.7 Å². The lowest BCUT2D eigenvalue weighted by atomic mass is 9.66. The molecule has 0 saturated heterocycles. The summed E-state index contributed by atoms with van der Waals surface area (Å²) in [5.41, 5.74) is -0.0414. The highest BCUT2D eigenvalue weighted by molar-refractivity contribution is 5.69. The maximum Gasteiger partial charge on any atom is 0.307 e. The van der Waals surface area contributed by atoms with Crippen LogP contribution in [0, 0.1) is 11.3 Å². The van der Waals surface area contributed by atoms with Crippen molar-refractivity contribution < 1.29 is 19.1 Å². The molecule has 0 saturated carbocycles. The SMILES string of the molecule is CCCCCCC(C)(C)C1(OC(C)=O)C=CC(C2C=CCCCC2)=C(OC(C)=O)C1. The molecule has 0 amide bonds. The van der Waals surface area contributed by atoms with Gasteiger partial charge in [-0.05, 0) is 37.3 Å². The fraction of sp³-hybridized carbons (Fsp3) is 0.692. The summed E-state index contributed by atoms with van der Waals surface area (Å²) in [4.78, 5) is 24.0. The number of allylic oxidation sites excluding steroid dienone is 4. The van der Waals surface area contributed by atoms with E-state index in [0.29, 0.717) is 12.2 Å². The van der Waals surface area contributed by atoms with Gasteiger partial charge in [-0.2, -0.15) is 0 Å². The molecule has 0 spiro atoms. The zero-order chi connectivity index (χ0) is 22.2. The van der Waals surface area contributed by atoms with Gasteiger partial charge in [-0.15, -0.1) is 0 Å². The first-order chi connectivity index (χ1) is 14.2. The number of carbonyl (C=O) groups is 2. The van der Waals surface area contributed by atoms with E-state index in [9.17, 15) is 9.59 Å². The minimum atomic E-state index is -0.812. The second kappa shape index (κ2) is 11.0. The third-order valence-corrected chi connectivity index (χ3v) is 6.57. The number of carbonyl (C=O) groups excluding carboxylic acids is 2. The molecule has 2 rings (SSSR count). The average molecular weight is 417 g/mol. The number of ether oxygens (including phenoxy) is 2. The molecular formula is C26H40O4. The zero-order valence-corrected chi connectivity index (χ0v) is 19.6. The molecule has 2 atom stereocenters. The lowest BCUT2D eigenvalue weighted by Crippen LogP contribution is -2.48. The van der Waals surface area contributed by atoms with Gasteiger partial charge in [0.2, 0.25) is 0 Å². The van der Waals surface area contributed by atoms with Crippen LogP contribution in [0.5, 0.6) is 0 Å². The Hall–Kier alpha value is -1.84. The van der Waals surface area contributed by atoms with E-state index in [-0.39, 0.29) is 23.3 Å². The monoisotopic (exact) mass is 416 g/mol. The van der Waals surface area contributed by atoms with Crippen LogP contribution in [-0.2, 0) is 19.1 Å². The van der Waals surface area contributed by atoms with Crippen molar-refractivity contribution in [2.24, 2.45) is 11.3 Å². The van der Waals surface area contributed by atoms with Gasteiger partial charge >= 0.3 is 11.9 Å². The second-order valence-electron chi connectivity index (χ2n) is 9.48. The Morgan fingerprint density at radius 2 is 1.90 bits per heavy atom. The van der Waals surface area contributed by atoms with Crippen LogP contribution in [0.15, 0.2) is 35.6 Å². The van der Waals surface area contributed by atoms with E-state index < -0.39 is 5.60 Å². The molecule has 0 aliphatic heterocycles. The first kappa shape index (κ1) is 24.4. The summed E-state index contributed by atoms with van der Waals surface area (Å²) < 4.78 is 11.7. The summed E-state index contributed by atoms with van der Waals surface area (Å²) in [6.07, 6.45) is 19.1. The number of esters is 2. The molecule has 2 unspecified atom stereocenters. The lowest BCUT2D eigenvalue weighted by molar-refractivity contribution is -0.165.